The SMILES string of the molecule is O=C(/C=C\C(Cl)(Cl)Cl)c1ccc([N+](=O)[O-])cc1. The fraction of sp³-hybridized carbons (Fsp3) is 0.100. The minimum absolute atomic E-state index is 0.0908. The Kier molecular flexibility index (Phi) is 4.51. The van der Waals surface area contributed by atoms with E-state index in [2.05, 4.69) is 0 Å². The number of allylic oxidation sites excluding steroid dienone is 2. The van der Waals surface area contributed by atoms with Gasteiger partial charge in [0.05, 0.1) is 4.92 Å². The van der Waals surface area contributed by atoms with Gasteiger partial charge in [0.2, 0.25) is 3.79 Å². The maximum atomic E-state index is 11.5. The normalized spacial score (nSPS) is 11.7. The highest BCUT2D eigenvalue weighted by Gasteiger charge is 2.15. The Morgan fingerprint density at radius 2 is 1.76 bits per heavy atom. The van der Waals surface area contributed by atoms with Crippen LogP contribution in [0.3, 0.4) is 0 Å². The number of nitrogens with zero attached hydrogens (tertiary/aromatic N) is 1. The van der Waals surface area contributed by atoms with Crippen LogP contribution in [0.4, 0.5) is 5.69 Å². The van der Waals surface area contributed by atoms with Gasteiger partial charge >= 0.3 is 0 Å². The minimum atomic E-state index is -1.64. The molecule has 90 valence electrons. The molecule has 0 saturated heterocycles. The van der Waals surface area contributed by atoms with Crippen LogP contribution >= 0.6 is 34.8 Å². The summed E-state index contributed by atoms with van der Waals surface area (Å²) >= 11 is 16.3. The fourth-order valence-corrected chi connectivity index (χ4v) is 1.20. The van der Waals surface area contributed by atoms with Gasteiger partial charge in [-0.15, -0.1) is 0 Å². The van der Waals surface area contributed by atoms with Crippen molar-refractivity contribution in [3.8, 4) is 0 Å². The predicted molar refractivity (Wildman–Crippen MR) is 66.9 cm³/mol. The number of ketones is 1. The average Bonchev–Trinajstić information content (AvgIpc) is 2.25. The second-order valence-electron chi connectivity index (χ2n) is 3.04. The second-order valence-corrected chi connectivity index (χ2v) is 5.41. The molecule has 0 saturated carbocycles. The smallest absolute Gasteiger partial charge is 0.269 e. The van der Waals surface area contributed by atoms with Crippen molar-refractivity contribution < 1.29 is 9.72 Å². The molecule has 0 N–H and O–H groups in total. The van der Waals surface area contributed by atoms with Gasteiger partial charge in [-0.1, -0.05) is 34.8 Å². The summed E-state index contributed by atoms with van der Waals surface area (Å²) in [5, 5.41) is 10.4. The van der Waals surface area contributed by atoms with E-state index in [1.54, 1.807) is 0 Å². The molecule has 0 spiro atoms. The van der Waals surface area contributed by atoms with Crippen LogP contribution in [0, 0.1) is 10.1 Å². The Bertz CT molecular complexity index is 463. The largest absolute Gasteiger partial charge is 0.289 e. The van der Waals surface area contributed by atoms with Gasteiger partial charge in [-0.25, -0.2) is 0 Å². The van der Waals surface area contributed by atoms with E-state index in [0.29, 0.717) is 0 Å². The van der Waals surface area contributed by atoms with Gasteiger partial charge in [-0.3, -0.25) is 14.9 Å². The van der Waals surface area contributed by atoms with Crippen LogP contribution in [0.15, 0.2) is 36.4 Å². The first-order valence-corrected chi connectivity index (χ1v) is 5.48. The van der Waals surface area contributed by atoms with E-state index < -0.39 is 14.5 Å². The Morgan fingerprint density at radius 1 is 1.24 bits per heavy atom. The van der Waals surface area contributed by atoms with E-state index in [1.165, 1.54) is 24.3 Å². The number of carbonyl (C=O) groups excluding carboxylic acids is 1. The van der Waals surface area contributed by atoms with E-state index in [1.807, 2.05) is 0 Å². The predicted octanol–water partition coefficient (Wildman–Crippen LogP) is 3.70. The summed E-state index contributed by atoms with van der Waals surface area (Å²) in [5.41, 5.74) is 0.188. The molecule has 0 aliphatic rings. The molecule has 1 rings (SSSR count). The molecule has 0 fully saturated rings. The van der Waals surface area contributed by atoms with E-state index in [0.717, 1.165) is 12.2 Å². The molecule has 0 heterocycles. The Hall–Kier alpha value is -1.10. The molecular formula is C10H6Cl3NO3. The van der Waals surface area contributed by atoms with Crippen LogP contribution in [-0.4, -0.2) is 14.5 Å². The standard InChI is InChI=1S/C10H6Cl3NO3/c11-10(12,13)6-5-9(15)7-1-3-8(4-2-7)14(16)17/h1-6H/b6-5-. The van der Waals surface area contributed by atoms with Gasteiger partial charge in [-0.05, 0) is 24.3 Å². The topological polar surface area (TPSA) is 60.2 Å². The van der Waals surface area contributed by atoms with Crippen molar-refractivity contribution in [3.05, 3.63) is 52.1 Å². The monoisotopic (exact) mass is 293 g/mol. The molecule has 7 heteroatoms. The number of rotatable bonds is 3. The molecule has 0 atom stereocenters. The van der Waals surface area contributed by atoms with Crippen molar-refractivity contribution in [1.82, 2.24) is 0 Å². The molecule has 4 nitrogen and oxygen atoms in total. The molecular weight excluding hydrogens is 288 g/mol. The van der Waals surface area contributed by atoms with Crippen LogP contribution in [0.5, 0.6) is 0 Å². The highest BCUT2D eigenvalue weighted by molar-refractivity contribution is 6.69. The van der Waals surface area contributed by atoms with E-state index in [4.69, 9.17) is 34.8 Å². The maximum Gasteiger partial charge on any atom is 0.269 e. The quantitative estimate of drug-likeness (QED) is 0.281. The zero-order chi connectivity index (χ0) is 13.1. The lowest BCUT2D eigenvalue weighted by molar-refractivity contribution is -0.384. The van der Waals surface area contributed by atoms with Crippen LogP contribution in [0.25, 0.3) is 0 Å². The molecule has 0 unspecified atom stereocenters. The summed E-state index contributed by atoms with van der Waals surface area (Å²) in [6.07, 6.45) is 2.22. The van der Waals surface area contributed by atoms with Crippen LogP contribution in [0.2, 0.25) is 0 Å². The van der Waals surface area contributed by atoms with Crippen molar-refractivity contribution in [2.24, 2.45) is 0 Å². The third kappa shape index (κ3) is 4.73. The highest BCUT2D eigenvalue weighted by Crippen LogP contribution is 2.27. The fourth-order valence-electron chi connectivity index (χ4n) is 1.01. The van der Waals surface area contributed by atoms with Gasteiger partial charge in [0, 0.05) is 17.7 Å². The molecule has 1 aromatic rings. The Labute approximate surface area is 112 Å². The van der Waals surface area contributed by atoms with Crippen molar-refractivity contribution in [3.63, 3.8) is 0 Å². The molecule has 1 aromatic carbocycles. The number of nitro benzene ring substituents is 1. The Morgan fingerprint density at radius 3 is 2.18 bits per heavy atom. The summed E-state index contributed by atoms with van der Waals surface area (Å²) in [4.78, 5) is 21.4. The number of hydrogen-bond acceptors (Lipinski definition) is 3. The van der Waals surface area contributed by atoms with E-state index in [-0.39, 0.29) is 11.3 Å². The maximum absolute atomic E-state index is 11.5. The molecule has 0 radical (unpaired) electrons. The third-order valence-corrected chi connectivity index (χ3v) is 2.16. The first-order valence-electron chi connectivity index (χ1n) is 4.34. The molecule has 0 aliphatic heterocycles. The molecule has 0 aromatic heterocycles. The van der Waals surface area contributed by atoms with Crippen molar-refractivity contribution in [1.29, 1.82) is 0 Å². The van der Waals surface area contributed by atoms with Crippen molar-refractivity contribution in [2.45, 2.75) is 3.79 Å². The number of hydrogen-bond donors (Lipinski definition) is 0. The van der Waals surface area contributed by atoms with Crippen LogP contribution < -0.4 is 0 Å². The number of non-ortho nitro benzene ring substituents is 1. The van der Waals surface area contributed by atoms with Crippen LogP contribution in [-0.2, 0) is 0 Å². The highest BCUT2D eigenvalue weighted by atomic mass is 35.6. The zero-order valence-electron chi connectivity index (χ0n) is 8.27. The number of carbonyl (C=O) groups is 1. The minimum Gasteiger partial charge on any atom is -0.289 e. The molecule has 0 aliphatic carbocycles. The van der Waals surface area contributed by atoms with Crippen molar-refractivity contribution >= 4 is 46.3 Å². The second kappa shape index (κ2) is 5.49. The third-order valence-electron chi connectivity index (χ3n) is 1.79. The van der Waals surface area contributed by atoms with Gasteiger partial charge in [0.1, 0.15) is 0 Å². The molecule has 0 amide bonds. The van der Waals surface area contributed by atoms with Gasteiger partial charge in [0.25, 0.3) is 5.69 Å². The van der Waals surface area contributed by atoms with Crippen LogP contribution in [0.1, 0.15) is 10.4 Å². The summed E-state index contributed by atoms with van der Waals surface area (Å²) in [6.45, 7) is 0. The number of nitro groups is 1. The molecule has 0 bridgehead atoms. The molecule has 17 heavy (non-hydrogen) atoms. The number of alkyl halides is 3. The first-order chi connectivity index (χ1) is 7.79. The summed E-state index contributed by atoms with van der Waals surface area (Å²) in [6, 6.07) is 5.14. The van der Waals surface area contributed by atoms with E-state index >= 15 is 0 Å². The lowest BCUT2D eigenvalue weighted by atomic mass is 10.1. The first kappa shape index (κ1) is 14.0. The van der Waals surface area contributed by atoms with Gasteiger partial charge in [0.15, 0.2) is 5.78 Å². The average molecular weight is 295 g/mol. The lowest BCUT2D eigenvalue weighted by Crippen LogP contribution is -2.00. The zero-order valence-corrected chi connectivity index (χ0v) is 10.5. The van der Waals surface area contributed by atoms with Gasteiger partial charge in [-0.2, -0.15) is 0 Å². The summed E-state index contributed by atoms with van der Waals surface area (Å²) in [5.74, 6) is -0.397. The summed E-state index contributed by atoms with van der Waals surface area (Å²) in [7, 11) is 0. The van der Waals surface area contributed by atoms with Gasteiger partial charge < -0.3 is 0 Å². The van der Waals surface area contributed by atoms with E-state index in [9.17, 15) is 14.9 Å². The number of halogens is 3. The lowest BCUT2D eigenvalue weighted by Gasteiger charge is -2.01. The van der Waals surface area contributed by atoms with Crippen molar-refractivity contribution in [2.75, 3.05) is 0 Å². The number of benzene rings is 1. The Balaban J connectivity index is 2.84. The summed E-state index contributed by atoms with van der Waals surface area (Å²) < 4.78 is -1.64.